The second kappa shape index (κ2) is 5.67. The van der Waals surface area contributed by atoms with Crippen molar-refractivity contribution in [3.63, 3.8) is 0 Å². The number of likely N-dealkylation sites (tertiary alicyclic amines) is 1. The zero-order valence-corrected chi connectivity index (χ0v) is 10.8. The van der Waals surface area contributed by atoms with Crippen LogP contribution in [-0.4, -0.2) is 29.1 Å². The molecule has 18 heavy (non-hydrogen) atoms. The van der Waals surface area contributed by atoms with Gasteiger partial charge in [-0.3, -0.25) is 4.90 Å². The zero-order chi connectivity index (χ0) is 13.1. The molecule has 1 aromatic rings. The second-order valence-corrected chi connectivity index (χ2v) is 5.31. The number of benzene rings is 1. The lowest BCUT2D eigenvalue weighted by Crippen LogP contribution is -2.41. The maximum atomic E-state index is 13.2. The molecule has 0 spiro atoms. The van der Waals surface area contributed by atoms with Crippen molar-refractivity contribution in [3.8, 4) is 5.75 Å². The Hall–Kier alpha value is -1.13. The molecule has 1 fully saturated rings. The van der Waals surface area contributed by atoms with Crippen molar-refractivity contribution in [1.29, 1.82) is 0 Å². The summed E-state index contributed by atoms with van der Waals surface area (Å²) in [5, 5.41) is 9.39. The van der Waals surface area contributed by atoms with Crippen LogP contribution < -0.4 is 5.73 Å². The van der Waals surface area contributed by atoms with Crippen molar-refractivity contribution in [3.05, 3.63) is 29.6 Å². The fourth-order valence-corrected chi connectivity index (χ4v) is 2.65. The van der Waals surface area contributed by atoms with Crippen LogP contribution in [0.25, 0.3) is 0 Å². The van der Waals surface area contributed by atoms with Gasteiger partial charge in [-0.25, -0.2) is 4.39 Å². The Balaban J connectivity index is 2.00. The van der Waals surface area contributed by atoms with Gasteiger partial charge < -0.3 is 10.8 Å². The van der Waals surface area contributed by atoms with Crippen LogP contribution in [0.15, 0.2) is 18.2 Å². The Bertz CT molecular complexity index is 389. The summed E-state index contributed by atoms with van der Waals surface area (Å²) in [7, 11) is 0. The molecule has 1 saturated heterocycles. The Morgan fingerprint density at radius 2 is 2.28 bits per heavy atom. The van der Waals surface area contributed by atoms with E-state index in [1.807, 2.05) is 6.92 Å². The summed E-state index contributed by atoms with van der Waals surface area (Å²) in [5.74, 6) is 0.123. The molecule has 3 nitrogen and oxygen atoms in total. The number of hydrogen-bond donors (Lipinski definition) is 2. The highest BCUT2D eigenvalue weighted by molar-refractivity contribution is 5.28. The average Bonchev–Trinajstić information content (AvgIpc) is 2.27. The molecule has 2 unspecified atom stereocenters. The third-order valence-electron chi connectivity index (χ3n) is 3.63. The fraction of sp³-hybridized carbons (Fsp3) is 0.571. The van der Waals surface area contributed by atoms with Gasteiger partial charge in [0.25, 0.3) is 0 Å². The van der Waals surface area contributed by atoms with E-state index in [0.717, 1.165) is 31.1 Å². The summed E-state index contributed by atoms with van der Waals surface area (Å²) in [6.45, 7) is 4.69. The van der Waals surface area contributed by atoms with Gasteiger partial charge in [0.2, 0.25) is 0 Å². The van der Waals surface area contributed by atoms with Crippen LogP contribution in [-0.2, 0) is 6.54 Å². The SMILES string of the molecule is CC(N)C1CCCN(Cc2cc(O)cc(F)c2)C1. The number of rotatable bonds is 3. The molecule has 4 heteroatoms. The van der Waals surface area contributed by atoms with Crippen molar-refractivity contribution in [1.82, 2.24) is 4.90 Å². The molecular formula is C14H21FN2O. The van der Waals surface area contributed by atoms with Crippen LogP contribution in [0.3, 0.4) is 0 Å². The van der Waals surface area contributed by atoms with Gasteiger partial charge in [0.05, 0.1) is 0 Å². The number of piperidine rings is 1. The first kappa shape index (κ1) is 13.3. The van der Waals surface area contributed by atoms with E-state index in [0.29, 0.717) is 12.5 Å². The highest BCUT2D eigenvalue weighted by atomic mass is 19.1. The third kappa shape index (κ3) is 3.43. The molecule has 2 rings (SSSR count). The highest BCUT2D eigenvalue weighted by Crippen LogP contribution is 2.22. The van der Waals surface area contributed by atoms with Crippen LogP contribution in [0.5, 0.6) is 5.75 Å². The summed E-state index contributed by atoms with van der Waals surface area (Å²) in [5.41, 5.74) is 6.76. The number of phenols is 1. The Morgan fingerprint density at radius 1 is 1.50 bits per heavy atom. The van der Waals surface area contributed by atoms with Crippen molar-refractivity contribution < 1.29 is 9.50 Å². The van der Waals surface area contributed by atoms with E-state index >= 15 is 0 Å². The van der Waals surface area contributed by atoms with Gasteiger partial charge >= 0.3 is 0 Å². The van der Waals surface area contributed by atoms with Gasteiger partial charge in [-0.1, -0.05) is 0 Å². The largest absolute Gasteiger partial charge is 0.508 e. The molecule has 0 amide bonds. The molecule has 0 radical (unpaired) electrons. The van der Waals surface area contributed by atoms with Gasteiger partial charge in [-0.05, 0) is 49.9 Å². The van der Waals surface area contributed by atoms with E-state index in [1.165, 1.54) is 12.5 Å². The molecule has 1 heterocycles. The summed E-state index contributed by atoms with van der Waals surface area (Å²) >= 11 is 0. The van der Waals surface area contributed by atoms with Gasteiger partial charge in [0, 0.05) is 25.2 Å². The average molecular weight is 252 g/mol. The first-order chi connectivity index (χ1) is 8.54. The van der Waals surface area contributed by atoms with E-state index in [2.05, 4.69) is 4.90 Å². The van der Waals surface area contributed by atoms with Crippen molar-refractivity contribution >= 4 is 0 Å². The molecule has 0 aliphatic carbocycles. The van der Waals surface area contributed by atoms with Crippen molar-refractivity contribution in [2.24, 2.45) is 11.7 Å². The number of nitrogens with two attached hydrogens (primary N) is 1. The molecule has 1 aliphatic heterocycles. The minimum absolute atomic E-state index is 0.00856. The molecule has 1 aliphatic rings. The van der Waals surface area contributed by atoms with Gasteiger partial charge in [-0.2, -0.15) is 0 Å². The lowest BCUT2D eigenvalue weighted by atomic mass is 9.92. The van der Waals surface area contributed by atoms with E-state index in [-0.39, 0.29) is 17.6 Å². The first-order valence-corrected chi connectivity index (χ1v) is 6.51. The minimum atomic E-state index is -0.384. The third-order valence-corrected chi connectivity index (χ3v) is 3.63. The quantitative estimate of drug-likeness (QED) is 0.866. The van der Waals surface area contributed by atoms with Crippen molar-refractivity contribution in [2.75, 3.05) is 13.1 Å². The predicted octanol–water partition coefficient (Wildman–Crippen LogP) is 2.09. The molecule has 100 valence electrons. The van der Waals surface area contributed by atoms with Gasteiger partial charge in [0.1, 0.15) is 11.6 Å². The highest BCUT2D eigenvalue weighted by Gasteiger charge is 2.22. The summed E-state index contributed by atoms with van der Waals surface area (Å²) in [4.78, 5) is 2.28. The number of aromatic hydroxyl groups is 1. The molecule has 1 aromatic carbocycles. The number of hydrogen-bond acceptors (Lipinski definition) is 3. The number of nitrogens with zero attached hydrogens (tertiary/aromatic N) is 1. The van der Waals surface area contributed by atoms with Crippen LogP contribution >= 0.6 is 0 Å². The number of halogens is 1. The molecular weight excluding hydrogens is 231 g/mol. The standard InChI is InChI=1S/C14H21FN2O/c1-10(16)12-3-2-4-17(9-12)8-11-5-13(15)7-14(18)6-11/h5-7,10,12,18H,2-4,8-9,16H2,1H3. The smallest absolute Gasteiger partial charge is 0.127 e. The zero-order valence-electron chi connectivity index (χ0n) is 10.8. The molecule has 3 N–H and O–H groups in total. The topological polar surface area (TPSA) is 49.5 Å². The lowest BCUT2D eigenvalue weighted by Gasteiger charge is -2.34. The minimum Gasteiger partial charge on any atom is -0.508 e. The normalized spacial score (nSPS) is 22.9. The van der Waals surface area contributed by atoms with Crippen molar-refractivity contribution in [2.45, 2.75) is 32.4 Å². The van der Waals surface area contributed by atoms with Crippen LogP contribution in [0, 0.1) is 11.7 Å². The Kier molecular flexibility index (Phi) is 4.19. The maximum absolute atomic E-state index is 13.2. The van der Waals surface area contributed by atoms with E-state index in [1.54, 1.807) is 6.07 Å². The number of phenolic OH excluding ortho intramolecular Hbond substituents is 1. The first-order valence-electron chi connectivity index (χ1n) is 6.51. The summed E-state index contributed by atoms with van der Waals surface area (Å²) < 4.78 is 13.2. The maximum Gasteiger partial charge on any atom is 0.127 e. The Morgan fingerprint density at radius 3 is 2.94 bits per heavy atom. The van der Waals surface area contributed by atoms with Crippen LogP contribution in [0.1, 0.15) is 25.3 Å². The Labute approximate surface area is 107 Å². The van der Waals surface area contributed by atoms with Gasteiger partial charge in [0.15, 0.2) is 0 Å². The molecule has 0 saturated carbocycles. The summed E-state index contributed by atoms with van der Waals surface area (Å²) in [6.07, 6.45) is 2.30. The summed E-state index contributed by atoms with van der Waals surface area (Å²) in [6, 6.07) is 4.44. The van der Waals surface area contributed by atoms with E-state index in [9.17, 15) is 9.50 Å². The monoisotopic (exact) mass is 252 g/mol. The fourth-order valence-electron chi connectivity index (χ4n) is 2.65. The molecule has 0 bridgehead atoms. The van der Waals surface area contributed by atoms with Gasteiger partial charge in [-0.15, -0.1) is 0 Å². The van der Waals surface area contributed by atoms with E-state index < -0.39 is 0 Å². The molecule has 0 aromatic heterocycles. The molecule has 2 atom stereocenters. The predicted molar refractivity (Wildman–Crippen MR) is 69.7 cm³/mol. The second-order valence-electron chi connectivity index (χ2n) is 5.31. The lowest BCUT2D eigenvalue weighted by molar-refractivity contribution is 0.154. The van der Waals surface area contributed by atoms with Crippen LogP contribution in [0.4, 0.5) is 4.39 Å². The van der Waals surface area contributed by atoms with Crippen LogP contribution in [0.2, 0.25) is 0 Å². The van der Waals surface area contributed by atoms with E-state index in [4.69, 9.17) is 5.73 Å².